The number of carbonyl (C=O) groups is 5. The molecule has 200 valence electrons. The van der Waals surface area contributed by atoms with Crippen molar-refractivity contribution < 1.29 is 43.8 Å². The monoisotopic (exact) mass is 517 g/mol. The molecule has 2 rings (SSSR count). The number of benzene rings is 1. The zero-order valence-corrected chi connectivity index (χ0v) is 20.6. The molecule has 12 nitrogen and oxygen atoms in total. The number of carboxylic acid groups (broad SMARTS) is 2. The average Bonchev–Trinajstić information content (AvgIpc) is 3.37. The van der Waals surface area contributed by atoms with Crippen LogP contribution in [0.15, 0.2) is 34.9 Å². The van der Waals surface area contributed by atoms with Crippen molar-refractivity contribution in [1.82, 2.24) is 15.7 Å². The molecule has 0 unspecified atom stereocenters. The summed E-state index contributed by atoms with van der Waals surface area (Å²) in [5.74, 6) is -4.59. The highest BCUT2D eigenvalue weighted by atomic mass is 16.5. The summed E-state index contributed by atoms with van der Waals surface area (Å²) < 4.78 is 5.36. The van der Waals surface area contributed by atoms with Gasteiger partial charge in [-0.05, 0) is 31.0 Å². The topological polar surface area (TPSA) is 186 Å². The van der Waals surface area contributed by atoms with Crippen LogP contribution in [-0.2, 0) is 9.59 Å². The summed E-state index contributed by atoms with van der Waals surface area (Å²) in [6.45, 7) is 3.51. The summed E-state index contributed by atoms with van der Waals surface area (Å²) in [6, 6.07) is 4.17. The summed E-state index contributed by atoms with van der Waals surface area (Å²) in [6.07, 6.45) is 4.81. The van der Waals surface area contributed by atoms with Gasteiger partial charge in [-0.1, -0.05) is 39.2 Å². The molecule has 0 saturated carbocycles. The van der Waals surface area contributed by atoms with Gasteiger partial charge in [-0.15, -0.1) is 0 Å². The largest absolute Gasteiger partial charge is 0.478 e. The van der Waals surface area contributed by atoms with Crippen LogP contribution in [0.3, 0.4) is 0 Å². The normalized spacial score (nSPS) is 12.3. The third-order valence-corrected chi connectivity index (χ3v) is 5.95. The molecule has 2 aromatic rings. The van der Waals surface area contributed by atoms with Gasteiger partial charge in [-0.2, -0.15) is 0 Å². The quantitative estimate of drug-likeness (QED) is 0.0778. The van der Waals surface area contributed by atoms with Gasteiger partial charge in [0, 0.05) is 5.56 Å². The fraction of sp³-hybridized carbons (Fsp3) is 0.400. The van der Waals surface area contributed by atoms with E-state index in [0.29, 0.717) is 17.9 Å². The molecule has 1 heterocycles. The predicted molar refractivity (Wildman–Crippen MR) is 130 cm³/mol. The molecule has 0 aliphatic heterocycles. The molecular weight excluding hydrogens is 486 g/mol. The summed E-state index contributed by atoms with van der Waals surface area (Å²) in [5.41, 5.74) is -0.651. The Balaban J connectivity index is 2.13. The van der Waals surface area contributed by atoms with E-state index in [-0.39, 0.29) is 30.0 Å². The molecule has 0 bridgehead atoms. The van der Waals surface area contributed by atoms with Crippen molar-refractivity contribution in [2.45, 2.75) is 52.0 Å². The van der Waals surface area contributed by atoms with Crippen LogP contribution >= 0.6 is 0 Å². The van der Waals surface area contributed by atoms with Crippen molar-refractivity contribution in [3.8, 4) is 11.3 Å². The zero-order chi connectivity index (χ0) is 27.5. The third kappa shape index (κ3) is 7.40. The molecule has 0 fully saturated rings. The first-order valence-corrected chi connectivity index (χ1v) is 11.8. The van der Waals surface area contributed by atoms with Crippen LogP contribution in [0, 0.1) is 5.92 Å². The van der Waals surface area contributed by atoms with Crippen LogP contribution in [-0.4, -0.2) is 63.4 Å². The Morgan fingerprint density at radius 1 is 1.00 bits per heavy atom. The Hall–Kier alpha value is -4.19. The highest BCUT2D eigenvalue weighted by molar-refractivity contribution is 6.04. The standard InChI is InChI=1S/C25H31N3O9/c1-3-5-6-7-17(20(4-2)28(36)14-29)22(30)26-13-27-23(31)18-10-11-37-21(18)15-8-9-16(24(32)33)19(12-15)25(34)35/h8-12,14,17,20,36H,3-7,13H2,1-2H3,(H,26,30)(H,27,31)(H,32,33)(H,34,35)/t17-,20-/m1/s1. The number of nitrogens with one attached hydrogen (secondary N) is 2. The third-order valence-electron chi connectivity index (χ3n) is 5.95. The van der Waals surface area contributed by atoms with E-state index in [4.69, 9.17) is 4.42 Å². The van der Waals surface area contributed by atoms with E-state index in [9.17, 15) is 39.4 Å². The molecular formula is C25H31N3O9. The van der Waals surface area contributed by atoms with E-state index >= 15 is 0 Å². The van der Waals surface area contributed by atoms with E-state index in [1.807, 2.05) is 6.92 Å². The number of unbranched alkanes of at least 4 members (excludes halogenated alkanes) is 2. The van der Waals surface area contributed by atoms with Gasteiger partial charge in [0.25, 0.3) is 5.91 Å². The van der Waals surface area contributed by atoms with Gasteiger partial charge in [0.15, 0.2) is 0 Å². The first-order valence-electron chi connectivity index (χ1n) is 11.8. The molecule has 1 aromatic carbocycles. The molecule has 3 amide bonds. The lowest BCUT2D eigenvalue weighted by molar-refractivity contribution is -0.168. The smallest absolute Gasteiger partial charge is 0.336 e. The Morgan fingerprint density at radius 3 is 2.30 bits per heavy atom. The van der Waals surface area contributed by atoms with E-state index in [1.54, 1.807) is 6.92 Å². The van der Waals surface area contributed by atoms with E-state index in [0.717, 1.165) is 31.4 Å². The maximum Gasteiger partial charge on any atom is 0.336 e. The maximum atomic E-state index is 12.9. The van der Waals surface area contributed by atoms with Gasteiger partial charge in [-0.3, -0.25) is 19.6 Å². The van der Waals surface area contributed by atoms with Crippen LogP contribution in [0.25, 0.3) is 11.3 Å². The molecule has 1 aromatic heterocycles. The summed E-state index contributed by atoms with van der Waals surface area (Å²) in [5, 5.41) is 34.1. The number of nitrogens with zero attached hydrogens (tertiary/aromatic N) is 1. The molecule has 37 heavy (non-hydrogen) atoms. The molecule has 2 atom stereocenters. The molecule has 12 heteroatoms. The SMILES string of the molecule is CCCCC[C@@H](C(=O)NCNC(=O)c1ccoc1-c1ccc(C(=O)O)c(C(=O)O)c1)[C@@H](CC)N(O)C=O. The Morgan fingerprint density at radius 2 is 1.70 bits per heavy atom. The van der Waals surface area contributed by atoms with Crippen molar-refractivity contribution in [3.05, 3.63) is 47.2 Å². The number of hydroxylamine groups is 2. The Kier molecular flexibility index (Phi) is 10.8. The van der Waals surface area contributed by atoms with Gasteiger partial charge in [-0.25, -0.2) is 14.7 Å². The minimum Gasteiger partial charge on any atom is -0.478 e. The summed E-state index contributed by atoms with van der Waals surface area (Å²) in [7, 11) is 0. The highest BCUT2D eigenvalue weighted by Crippen LogP contribution is 2.27. The van der Waals surface area contributed by atoms with E-state index in [1.165, 1.54) is 18.4 Å². The van der Waals surface area contributed by atoms with Gasteiger partial charge in [0.1, 0.15) is 5.76 Å². The molecule has 0 saturated heterocycles. The first-order chi connectivity index (χ1) is 17.7. The summed E-state index contributed by atoms with van der Waals surface area (Å²) in [4.78, 5) is 59.5. The molecule has 0 aliphatic rings. The summed E-state index contributed by atoms with van der Waals surface area (Å²) >= 11 is 0. The highest BCUT2D eigenvalue weighted by Gasteiger charge is 2.30. The van der Waals surface area contributed by atoms with Crippen LogP contribution in [0.1, 0.15) is 77.0 Å². The minimum absolute atomic E-state index is 0.0219. The first kappa shape index (κ1) is 29.0. The predicted octanol–water partition coefficient (Wildman–Crippen LogP) is 2.97. The van der Waals surface area contributed by atoms with Gasteiger partial charge in [0.05, 0.1) is 41.6 Å². The average molecular weight is 518 g/mol. The number of amides is 3. The van der Waals surface area contributed by atoms with E-state index in [2.05, 4.69) is 10.6 Å². The number of carbonyl (C=O) groups excluding carboxylic acids is 3. The number of rotatable bonds is 15. The number of furan rings is 1. The van der Waals surface area contributed by atoms with Crippen molar-refractivity contribution in [1.29, 1.82) is 0 Å². The van der Waals surface area contributed by atoms with Crippen molar-refractivity contribution in [3.63, 3.8) is 0 Å². The van der Waals surface area contributed by atoms with Crippen LogP contribution in [0.5, 0.6) is 0 Å². The molecule has 0 aliphatic carbocycles. The lowest BCUT2D eigenvalue weighted by Crippen LogP contribution is -2.47. The second-order valence-electron chi connectivity index (χ2n) is 8.32. The van der Waals surface area contributed by atoms with Crippen molar-refractivity contribution in [2.75, 3.05) is 6.67 Å². The fourth-order valence-corrected chi connectivity index (χ4v) is 4.05. The second kappa shape index (κ2) is 13.8. The Labute approximate surface area is 213 Å². The molecule has 5 N–H and O–H groups in total. The minimum atomic E-state index is -1.45. The van der Waals surface area contributed by atoms with Crippen LogP contribution in [0.4, 0.5) is 0 Å². The number of aromatic carboxylic acids is 2. The lowest BCUT2D eigenvalue weighted by Gasteiger charge is -2.29. The molecule has 0 spiro atoms. The second-order valence-corrected chi connectivity index (χ2v) is 8.32. The Bertz CT molecular complexity index is 1130. The van der Waals surface area contributed by atoms with Crippen LogP contribution < -0.4 is 10.6 Å². The molecule has 0 radical (unpaired) electrons. The van der Waals surface area contributed by atoms with Gasteiger partial charge < -0.3 is 25.3 Å². The number of hydrogen-bond acceptors (Lipinski definition) is 7. The number of carboxylic acids is 2. The lowest BCUT2D eigenvalue weighted by atomic mass is 9.90. The number of hydrogen-bond donors (Lipinski definition) is 5. The fourth-order valence-electron chi connectivity index (χ4n) is 4.05. The van der Waals surface area contributed by atoms with Crippen molar-refractivity contribution >= 4 is 30.2 Å². The van der Waals surface area contributed by atoms with Gasteiger partial charge >= 0.3 is 11.9 Å². The maximum absolute atomic E-state index is 12.9. The van der Waals surface area contributed by atoms with Gasteiger partial charge in [0.2, 0.25) is 12.3 Å². The van der Waals surface area contributed by atoms with Crippen LogP contribution in [0.2, 0.25) is 0 Å². The van der Waals surface area contributed by atoms with Crippen molar-refractivity contribution in [2.24, 2.45) is 5.92 Å². The zero-order valence-electron chi connectivity index (χ0n) is 20.6. The van der Waals surface area contributed by atoms with E-state index < -0.39 is 46.8 Å².